The minimum atomic E-state index is -0.228. The molecule has 2 aliphatic heterocycles. The summed E-state index contributed by atoms with van der Waals surface area (Å²) in [7, 11) is 0. The molecule has 5 heteroatoms. The van der Waals surface area contributed by atoms with Gasteiger partial charge < -0.3 is 15.0 Å². The fourth-order valence-electron chi connectivity index (χ4n) is 2.71. The Morgan fingerprint density at radius 1 is 1.31 bits per heavy atom. The van der Waals surface area contributed by atoms with Gasteiger partial charge in [-0.05, 0) is 25.8 Å². The number of piperidine rings is 1. The van der Waals surface area contributed by atoms with Gasteiger partial charge in [-0.15, -0.1) is 10.2 Å². The van der Waals surface area contributed by atoms with Crippen molar-refractivity contribution >= 4 is 0 Å². The van der Waals surface area contributed by atoms with E-state index in [1.54, 1.807) is 0 Å². The number of hydrogen-bond donors (Lipinski definition) is 2. The lowest BCUT2D eigenvalue weighted by molar-refractivity contribution is 0.140. The Kier molecular flexibility index (Phi) is 2.65. The third-order valence-corrected chi connectivity index (χ3v) is 3.62. The van der Waals surface area contributed by atoms with Gasteiger partial charge in [-0.3, -0.25) is 0 Å². The van der Waals surface area contributed by atoms with Crippen LogP contribution in [-0.4, -0.2) is 39.1 Å². The molecule has 0 bridgehead atoms. The van der Waals surface area contributed by atoms with Crippen molar-refractivity contribution < 1.29 is 5.11 Å². The Labute approximate surface area is 94.9 Å². The molecular weight excluding hydrogens is 204 g/mol. The van der Waals surface area contributed by atoms with Gasteiger partial charge in [-0.1, -0.05) is 0 Å². The largest absolute Gasteiger partial charge is 0.393 e. The molecule has 1 aromatic heterocycles. The molecular formula is C11H18N4O. The summed E-state index contributed by atoms with van der Waals surface area (Å²) < 4.78 is 2.21. The summed E-state index contributed by atoms with van der Waals surface area (Å²) >= 11 is 0. The molecule has 1 fully saturated rings. The van der Waals surface area contributed by atoms with Gasteiger partial charge in [0.25, 0.3) is 0 Å². The topological polar surface area (TPSA) is 63.0 Å². The lowest BCUT2D eigenvalue weighted by atomic mass is 9.98. The van der Waals surface area contributed by atoms with E-state index >= 15 is 0 Å². The van der Waals surface area contributed by atoms with E-state index in [-0.39, 0.29) is 6.10 Å². The second-order valence-corrected chi connectivity index (χ2v) is 4.82. The molecule has 88 valence electrons. The predicted molar refractivity (Wildman–Crippen MR) is 59.2 cm³/mol. The first-order chi connectivity index (χ1) is 7.84. The van der Waals surface area contributed by atoms with Gasteiger partial charge in [0, 0.05) is 25.4 Å². The van der Waals surface area contributed by atoms with Crippen molar-refractivity contribution in [3.05, 3.63) is 11.6 Å². The van der Waals surface area contributed by atoms with Crippen molar-refractivity contribution in [2.75, 3.05) is 13.1 Å². The monoisotopic (exact) mass is 222 g/mol. The molecule has 0 radical (unpaired) electrons. The van der Waals surface area contributed by atoms with Gasteiger partial charge in [-0.25, -0.2) is 0 Å². The van der Waals surface area contributed by atoms with Crippen LogP contribution in [0, 0.1) is 0 Å². The number of hydrogen-bond acceptors (Lipinski definition) is 4. The third-order valence-electron chi connectivity index (χ3n) is 3.62. The van der Waals surface area contributed by atoms with Crippen LogP contribution in [0.5, 0.6) is 0 Å². The summed E-state index contributed by atoms with van der Waals surface area (Å²) in [6.07, 6.45) is 3.68. The quantitative estimate of drug-likeness (QED) is 0.705. The maximum atomic E-state index is 9.58. The van der Waals surface area contributed by atoms with Crippen LogP contribution in [0.4, 0.5) is 0 Å². The van der Waals surface area contributed by atoms with Crippen LogP contribution in [0.1, 0.15) is 36.8 Å². The molecule has 0 amide bonds. The predicted octanol–water partition coefficient (Wildman–Crippen LogP) is 0.0522. The molecule has 5 nitrogen and oxygen atoms in total. The summed E-state index contributed by atoms with van der Waals surface area (Å²) in [5, 5.41) is 21.5. The molecule has 16 heavy (non-hydrogen) atoms. The standard InChI is InChI=1S/C11H18N4O/c16-9-3-5-15-10(6-9)13-14-11(15)8-2-1-4-12-7-8/h8-9,12,16H,1-7H2. The summed E-state index contributed by atoms with van der Waals surface area (Å²) in [4.78, 5) is 0. The molecule has 1 aromatic rings. The van der Waals surface area contributed by atoms with E-state index in [0.29, 0.717) is 12.3 Å². The van der Waals surface area contributed by atoms with Gasteiger partial charge in [0.1, 0.15) is 11.6 Å². The van der Waals surface area contributed by atoms with Crippen molar-refractivity contribution in [1.82, 2.24) is 20.1 Å². The Morgan fingerprint density at radius 2 is 2.25 bits per heavy atom. The number of rotatable bonds is 1. The highest BCUT2D eigenvalue weighted by atomic mass is 16.3. The highest BCUT2D eigenvalue weighted by Gasteiger charge is 2.26. The molecule has 0 spiro atoms. The number of aliphatic hydroxyl groups excluding tert-OH is 1. The molecule has 1 saturated heterocycles. The zero-order valence-electron chi connectivity index (χ0n) is 9.39. The van der Waals surface area contributed by atoms with Crippen LogP contribution in [0.25, 0.3) is 0 Å². The molecule has 3 rings (SSSR count). The molecule has 2 aliphatic rings. The SMILES string of the molecule is OC1CCn2c(nnc2C2CCCNC2)C1. The summed E-state index contributed by atoms with van der Waals surface area (Å²) in [6.45, 7) is 3.01. The van der Waals surface area contributed by atoms with Crippen LogP contribution < -0.4 is 5.32 Å². The molecule has 2 atom stereocenters. The summed E-state index contributed by atoms with van der Waals surface area (Å²) in [5.74, 6) is 2.58. The minimum Gasteiger partial charge on any atom is -0.393 e. The lowest BCUT2D eigenvalue weighted by Gasteiger charge is -2.25. The second kappa shape index (κ2) is 4.14. The van der Waals surface area contributed by atoms with Gasteiger partial charge >= 0.3 is 0 Å². The Bertz CT molecular complexity index is 370. The van der Waals surface area contributed by atoms with E-state index in [1.165, 1.54) is 12.8 Å². The van der Waals surface area contributed by atoms with E-state index in [4.69, 9.17) is 0 Å². The highest BCUT2D eigenvalue weighted by Crippen LogP contribution is 2.25. The van der Waals surface area contributed by atoms with Gasteiger partial charge in [0.2, 0.25) is 0 Å². The zero-order chi connectivity index (χ0) is 11.0. The zero-order valence-corrected chi connectivity index (χ0v) is 9.39. The average molecular weight is 222 g/mol. The van der Waals surface area contributed by atoms with Crippen molar-refractivity contribution in [1.29, 1.82) is 0 Å². The number of fused-ring (bicyclic) bond motifs is 1. The number of nitrogens with one attached hydrogen (secondary N) is 1. The van der Waals surface area contributed by atoms with Crippen LogP contribution in [-0.2, 0) is 13.0 Å². The molecule has 2 N–H and O–H groups in total. The Morgan fingerprint density at radius 3 is 3.06 bits per heavy atom. The first-order valence-electron chi connectivity index (χ1n) is 6.15. The van der Waals surface area contributed by atoms with E-state index in [9.17, 15) is 5.11 Å². The lowest BCUT2D eigenvalue weighted by Crippen LogP contribution is -2.31. The minimum absolute atomic E-state index is 0.228. The van der Waals surface area contributed by atoms with Gasteiger partial charge in [0.15, 0.2) is 0 Å². The molecule has 0 aromatic carbocycles. The summed E-state index contributed by atoms with van der Waals surface area (Å²) in [5.41, 5.74) is 0. The van der Waals surface area contributed by atoms with Crippen molar-refractivity contribution in [3.8, 4) is 0 Å². The van der Waals surface area contributed by atoms with Crippen molar-refractivity contribution in [2.24, 2.45) is 0 Å². The Hall–Kier alpha value is -0.940. The number of aromatic nitrogens is 3. The third kappa shape index (κ3) is 1.74. The molecule has 2 unspecified atom stereocenters. The fraction of sp³-hybridized carbons (Fsp3) is 0.818. The summed E-state index contributed by atoms with van der Waals surface area (Å²) in [6, 6.07) is 0. The first kappa shape index (κ1) is 10.2. The molecule has 0 aliphatic carbocycles. The molecule has 0 saturated carbocycles. The molecule has 3 heterocycles. The fourth-order valence-corrected chi connectivity index (χ4v) is 2.71. The van der Waals surface area contributed by atoms with Crippen LogP contribution in [0.15, 0.2) is 0 Å². The van der Waals surface area contributed by atoms with Crippen molar-refractivity contribution in [2.45, 2.75) is 44.2 Å². The normalized spacial score (nSPS) is 30.1. The van der Waals surface area contributed by atoms with E-state index in [2.05, 4.69) is 20.1 Å². The maximum Gasteiger partial charge on any atom is 0.137 e. The van der Waals surface area contributed by atoms with Crippen LogP contribution >= 0.6 is 0 Å². The first-order valence-corrected chi connectivity index (χ1v) is 6.15. The number of aliphatic hydroxyl groups is 1. The highest BCUT2D eigenvalue weighted by molar-refractivity contribution is 5.07. The second-order valence-electron chi connectivity index (χ2n) is 4.82. The van der Waals surface area contributed by atoms with Gasteiger partial charge in [0.05, 0.1) is 6.10 Å². The van der Waals surface area contributed by atoms with E-state index in [0.717, 1.165) is 37.7 Å². The van der Waals surface area contributed by atoms with Gasteiger partial charge in [-0.2, -0.15) is 0 Å². The Balaban J connectivity index is 1.85. The number of nitrogens with zero attached hydrogens (tertiary/aromatic N) is 3. The van der Waals surface area contributed by atoms with Crippen LogP contribution in [0.2, 0.25) is 0 Å². The van der Waals surface area contributed by atoms with E-state index < -0.39 is 0 Å². The van der Waals surface area contributed by atoms with E-state index in [1.807, 2.05) is 0 Å². The maximum absolute atomic E-state index is 9.58. The smallest absolute Gasteiger partial charge is 0.137 e. The van der Waals surface area contributed by atoms with Crippen molar-refractivity contribution in [3.63, 3.8) is 0 Å². The van der Waals surface area contributed by atoms with Crippen LogP contribution in [0.3, 0.4) is 0 Å². The average Bonchev–Trinajstić information content (AvgIpc) is 2.73.